The predicted octanol–water partition coefficient (Wildman–Crippen LogP) is 5.05. The molecule has 0 atom stereocenters. The van der Waals surface area contributed by atoms with Gasteiger partial charge in [-0.05, 0) is 69.7 Å². The van der Waals surface area contributed by atoms with Gasteiger partial charge in [0, 0.05) is 11.3 Å². The number of anilines is 2. The zero-order valence-electron chi connectivity index (χ0n) is 15.3. The second-order valence-electron chi connectivity index (χ2n) is 6.93. The van der Waals surface area contributed by atoms with Crippen molar-refractivity contribution in [2.75, 3.05) is 9.80 Å². The number of hydrogen-bond acceptors (Lipinski definition) is 2. The summed E-state index contributed by atoms with van der Waals surface area (Å²) in [6.07, 6.45) is 0. The Balaban J connectivity index is 2.12. The lowest BCUT2D eigenvalue weighted by molar-refractivity contribution is -0.120. The van der Waals surface area contributed by atoms with Gasteiger partial charge in [-0.25, -0.2) is 13.6 Å². The quantitative estimate of drug-likeness (QED) is 0.535. The molecule has 0 bridgehead atoms. The number of aryl methyl sites for hydroxylation is 1. The fourth-order valence-electron chi connectivity index (χ4n) is 3.12. The van der Waals surface area contributed by atoms with Crippen LogP contribution in [0.25, 0.3) is 4.85 Å². The van der Waals surface area contributed by atoms with E-state index in [1.165, 1.54) is 28.9 Å². The summed E-state index contributed by atoms with van der Waals surface area (Å²) >= 11 is 5.50. The van der Waals surface area contributed by atoms with Crippen LogP contribution in [0.5, 0.6) is 0 Å². The molecule has 3 rings (SSSR count). The van der Waals surface area contributed by atoms with Crippen molar-refractivity contribution < 1.29 is 13.6 Å². The molecule has 1 amide bonds. The molecule has 4 nitrogen and oxygen atoms in total. The molecule has 2 aromatic rings. The van der Waals surface area contributed by atoms with Crippen LogP contribution in [0.2, 0.25) is 0 Å². The van der Waals surface area contributed by atoms with Gasteiger partial charge in [0.15, 0.2) is 10.8 Å². The molecule has 0 unspecified atom stereocenters. The fourth-order valence-corrected chi connectivity index (χ4v) is 3.64. The van der Waals surface area contributed by atoms with Gasteiger partial charge in [-0.15, -0.1) is 0 Å². The molecule has 138 valence electrons. The molecule has 1 heterocycles. The molecule has 0 radical (unpaired) electrons. The minimum atomic E-state index is -1.13. The Morgan fingerprint density at radius 2 is 1.67 bits per heavy atom. The molecule has 1 aliphatic heterocycles. The topological polar surface area (TPSA) is 27.9 Å². The number of carbonyl (C=O) groups is 1. The van der Waals surface area contributed by atoms with Crippen molar-refractivity contribution in [2.45, 2.75) is 33.2 Å². The number of nitrogens with zero attached hydrogens (tertiary/aromatic N) is 3. The smallest absolute Gasteiger partial charge is 0.259 e. The maximum Gasteiger partial charge on any atom is 0.259 e. The average molecular weight is 385 g/mol. The number of hydrogen-bond donors (Lipinski definition) is 0. The Morgan fingerprint density at radius 3 is 2.19 bits per heavy atom. The first kappa shape index (κ1) is 18.9. The van der Waals surface area contributed by atoms with Gasteiger partial charge in [0.1, 0.15) is 17.2 Å². The molecule has 0 aliphatic carbocycles. The third kappa shape index (κ3) is 2.86. The molecule has 1 fully saturated rings. The van der Waals surface area contributed by atoms with E-state index in [1.54, 1.807) is 39.0 Å². The Labute approximate surface area is 161 Å². The maximum atomic E-state index is 14.1. The first-order valence-corrected chi connectivity index (χ1v) is 8.63. The van der Waals surface area contributed by atoms with Crippen LogP contribution in [0.4, 0.5) is 25.8 Å². The van der Waals surface area contributed by atoms with E-state index in [1.807, 2.05) is 0 Å². The zero-order valence-corrected chi connectivity index (χ0v) is 16.1. The Bertz CT molecular complexity index is 1000. The highest BCUT2D eigenvalue weighted by Gasteiger charge is 2.50. The summed E-state index contributed by atoms with van der Waals surface area (Å²) < 4.78 is 28.2. The van der Waals surface area contributed by atoms with Crippen LogP contribution in [-0.2, 0) is 4.79 Å². The summed E-state index contributed by atoms with van der Waals surface area (Å²) in [4.78, 5) is 19.3. The van der Waals surface area contributed by atoms with Gasteiger partial charge in [-0.3, -0.25) is 9.69 Å². The van der Waals surface area contributed by atoms with Crippen molar-refractivity contribution >= 4 is 40.3 Å². The van der Waals surface area contributed by atoms with Crippen LogP contribution in [0.1, 0.15) is 25.0 Å². The second kappa shape index (κ2) is 6.39. The number of halogens is 2. The van der Waals surface area contributed by atoms with E-state index >= 15 is 0 Å². The van der Waals surface area contributed by atoms with Crippen LogP contribution >= 0.6 is 12.2 Å². The minimum absolute atomic E-state index is 0.0878. The minimum Gasteiger partial charge on any atom is -0.303 e. The van der Waals surface area contributed by atoms with Crippen LogP contribution in [0.3, 0.4) is 0 Å². The summed E-state index contributed by atoms with van der Waals surface area (Å²) in [6, 6.07) is 7.31. The number of carbonyl (C=O) groups excluding carboxylic acids is 1. The third-order valence-corrected chi connectivity index (χ3v) is 5.12. The van der Waals surface area contributed by atoms with Crippen molar-refractivity contribution in [3.63, 3.8) is 0 Å². The molecule has 27 heavy (non-hydrogen) atoms. The van der Waals surface area contributed by atoms with Gasteiger partial charge in [0.05, 0.1) is 12.3 Å². The number of thiocarbonyl (C=S) groups is 1. The van der Waals surface area contributed by atoms with E-state index in [0.717, 1.165) is 0 Å². The molecule has 1 aliphatic rings. The predicted molar refractivity (Wildman–Crippen MR) is 105 cm³/mol. The number of amides is 1. The number of benzene rings is 2. The van der Waals surface area contributed by atoms with Gasteiger partial charge in [-0.2, -0.15) is 0 Å². The lowest BCUT2D eigenvalue weighted by Crippen LogP contribution is -2.44. The molecule has 0 spiro atoms. The first-order chi connectivity index (χ1) is 12.6. The highest BCUT2D eigenvalue weighted by molar-refractivity contribution is 7.81. The summed E-state index contributed by atoms with van der Waals surface area (Å²) in [6.45, 7) is 13.6. The van der Waals surface area contributed by atoms with Crippen molar-refractivity contribution in [1.29, 1.82) is 0 Å². The van der Waals surface area contributed by atoms with E-state index in [9.17, 15) is 13.6 Å². The third-order valence-electron chi connectivity index (χ3n) is 4.75. The van der Waals surface area contributed by atoms with E-state index in [-0.39, 0.29) is 22.3 Å². The highest BCUT2D eigenvalue weighted by Crippen LogP contribution is 2.38. The zero-order chi connectivity index (χ0) is 20.1. The number of rotatable bonds is 2. The second-order valence-corrected chi connectivity index (χ2v) is 7.30. The van der Waals surface area contributed by atoms with Crippen LogP contribution in [0, 0.1) is 32.1 Å². The summed E-state index contributed by atoms with van der Waals surface area (Å²) in [5, 5.41) is 0.127. The Hall–Kier alpha value is -2.85. The lowest BCUT2D eigenvalue weighted by atomic mass is 10.0. The average Bonchev–Trinajstić information content (AvgIpc) is 2.77. The standard InChI is InChI=1S/C20H17F2N3OS/c1-11-8-13(6-7-17(11)23-5)24-18(26)20(3,4)25(19(24)27)14-9-15(21)12(2)16(22)10-14/h6-10H,1-4H3. The van der Waals surface area contributed by atoms with Crippen molar-refractivity contribution in [2.24, 2.45) is 0 Å². The van der Waals surface area contributed by atoms with Crippen LogP contribution < -0.4 is 9.80 Å². The maximum absolute atomic E-state index is 14.1. The monoisotopic (exact) mass is 385 g/mol. The molecular formula is C20H17F2N3OS. The largest absolute Gasteiger partial charge is 0.303 e. The van der Waals surface area contributed by atoms with Gasteiger partial charge < -0.3 is 4.90 Å². The van der Waals surface area contributed by atoms with Crippen molar-refractivity contribution in [3.05, 3.63) is 64.5 Å². The van der Waals surface area contributed by atoms with Gasteiger partial charge in [0.25, 0.3) is 5.91 Å². The SMILES string of the molecule is [C-]#[N+]c1ccc(N2C(=O)C(C)(C)N(c3cc(F)c(C)c(F)c3)C2=S)cc1C. The lowest BCUT2D eigenvalue weighted by Gasteiger charge is -2.29. The van der Waals surface area contributed by atoms with Crippen molar-refractivity contribution in [1.82, 2.24) is 0 Å². The van der Waals surface area contributed by atoms with Crippen molar-refractivity contribution in [3.8, 4) is 0 Å². The molecule has 1 saturated heterocycles. The molecule has 0 saturated carbocycles. The normalized spacial score (nSPS) is 16.0. The van der Waals surface area contributed by atoms with Gasteiger partial charge in [-0.1, -0.05) is 6.07 Å². The molecule has 0 aromatic heterocycles. The Morgan fingerprint density at radius 1 is 1.07 bits per heavy atom. The summed E-state index contributed by atoms with van der Waals surface area (Å²) in [5.41, 5.74) is 0.666. The van der Waals surface area contributed by atoms with Crippen LogP contribution in [0.15, 0.2) is 30.3 Å². The summed E-state index contributed by atoms with van der Waals surface area (Å²) in [7, 11) is 0. The van der Waals surface area contributed by atoms with E-state index in [0.29, 0.717) is 16.9 Å². The van der Waals surface area contributed by atoms with Gasteiger partial charge in [0.2, 0.25) is 0 Å². The molecule has 0 N–H and O–H groups in total. The van der Waals surface area contributed by atoms with E-state index in [4.69, 9.17) is 18.8 Å². The Kier molecular flexibility index (Phi) is 4.48. The molecular weight excluding hydrogens is 368 g/mol. The van der Waals surface area contributed by atoms with Gasteiger partial charge >= 0.3 is 0 Å². The van der Waals surface area contributed by atoms with E-state index < -0.39 is 17.2 Å². The van der Waals surface area contributed by atoms with E-state index in [2.05, 4.69) is 4.85 Å². The molecule has 7 heteroatoms. The first-order valence-electron chi connectivity index (χ1n) is 8.22. The fraction of sp³-hybridized carbons (Fsp3) is 0.250. The molecule has 2 aromatic carbocycles. The van der Waals surface area contributed by atoms with Crippen LogP contribution in [-0.4, -0.2) is 16.6 Å². The summed E-state index contributed by atoms with van der Waals surface area (Å²) in [5.74, 6) is -1.72. The highest BCUT2D eigenvalue weighted by atomic mass is 32.1.